The van der Waals surface area contributed by atoms with E-state index in [0.717, 1.165) is 5.69 Å². The number of fused-ring (bicyclic) bond motifs is 9. The Morgan fingerprint density at radius 3 is 1.57 bits per heavy atom. The maximum absolute atomic E-state index is 9.60. The molecule has 0 radical (unpaired) electrons. The quantitative estimate of drug-likeness (QED) is 0.192. The molecule has 0 saturated carbocycles. The van der Waals surface area contributed by atoms with E-state index in [-0.39, 0.29) is 5.41 Å². The second kappa shape index (κ2) is 10.1. The van der Waals surface area contributed by atoms with Crippen molar-refractivity contribution in [1.29, 1.82) is 5.26 Å². The summed E-state index contributed by atoms with van der Waals surface area (Å²) >= 11 is 0. The SMILES string of the molecule is CC1(C)c2cc(C#N)ccc2-c2ccc(-n3c4ccccc4c4cc(-c5ccc6c(c5)c5ccccc5n6-c5ccccc5)ccc43)cc21. The van der Waals surface area contributed by atoms with Crippen molar-refractivity contribution in [2.75, 3.05) is 0 Å². The lowest BCUT2D eigenvalue weighted by Gasteiger charge is -2.22. The zero-order chi connectivity index (χ0) is 32.9. The number of nitrogens with zero attached hydrogens (tertiary/aromatic N) is 3. The summed E-state index contributed by atoms with van der Waals surface area (Å²) in [6.45, 7) is 4.55. The fourth-order valence-electron chi connectivity index (χ4n) is 8.37. The van der Waals surface area contributed by atoms with Gasteiger partial charge in [0.2, 0.25) is 0 Å². The Morgan fingerprint density at radius 1 is 0.449 bits per heavy atom. The van der Waals surface area contributed by atoms with Crippen LogP contribution >= 0.6 is 0 Å². The summed E-state index contributed by atoms with van der Waals surface area (Å²) in [7, 11) is 0. The van der Waals surface area contributed by atoms with Gasteiger partial charge in [-0.25, -0.2) is 0 Å². The first-order valence-electron chi connectivity index (χ1n) is 16.8. The standard InChI is InChI=1S/C46H31N3/c1-46(2)40-24-29(28-47)16-20-34(40)35-21-19-33(27-41(35)46)49-43-15-9-7-13-37(43)39-26-31(18-23-45(39)49)30-17-22-44-38(25-30)36-12-6-8-14-42(36)48(44)32-10-4-3-5-11-32/h3-27H,1-2H3. The Morgan fingerprint density at radius 2 is 0.959 bits per heavy atom. The van der Waals surface area contributed by atoms with Crippen LogP contribution in [0.2, 0.25) is 0 Å². The van der Waals surface area contributed by atoms with Crippen molar-refractivity contribution in [3.63, 3.8) is 0 Å². The highest BCUT2D eigenvalue weighted by Gasteiger charge is 2.36. The molecule has 230 valence electrons. The van der Waals surface area contributed by atoms with Crippen molar-refractivity contribution in [2.24, 2.45) is 0 Å². The first-order chi connectivity index (χ1) is 24.0. The van der Waals surface area contributed by atoms with Gasteiger partial charge in [-0.2, -0.15) is 5.26 Å². The van der Waals surface area contributed by atoms with Crippen LogP contribution in [0.3, 0.4) is 0 Å². The number of aromatic nitrogens is 2. The lowest BCUT2D eigenvalue weighted by molar-refractivity contribution is 0.659. The normalized spacial score (nSPS) is 13.2. The van der Waals surface area contributed by atoms with Crippen molar-refractivity contribution < 1.29 is 0 Å². The van der Waals surface area contributed by atoms with Crippen molar-refractivity contribution in [2.45, 2.75) is 19.3 Å². The average molecular weight is 626 g/mol. The van der Waals surface area contributed by atoms with Crippen LogP contribution in [0, 0.1) is 11.3 Å². The van der Waals surface area contributed by atoms with Crippen molar-refractivity contribution in [3.8, 4) is 39.7 Å². The number of para-hydroxylation sites is 3. The van der Waals surface area contributed by atoms with E-state index in [9.17, 15) is 5.26 Å². The molecule has 0 unspecified atom stereocenters. The van der Waals surface area contributed by atoms with Crippen LogP contribution in [-0.2, 0) is 5.41 Å². The molecule has 0 saturated heterocycles. The zero-order valence-electron chi connectivity index (χ0n) is 27.3. The fraction of sp³-hybridized carbons (Fsp3) is 0.0652. The van der Waals surface area contributed by atoms with Gasteiger partial charge in [0.05, 0.1) is 33.7 Å². The molecule has 49 heavy (non-hydrogen) atoms. The van der Waals surface area contributed by atoms with E-state index in [1.54, 1.807) is 0 Å². The molecule has 0 aliphatic heterocycles. The minimum atomic E-state index is -0.207. The van der Waals surface area contributed by atoms with E-state index in [4.69, 9.17) is 0 Å². The first kappa shape index (κ1) is 27.7. The van der Waals surface area contributed by atoms with Gasteiger partial charge in [-0.05, 0) is 106 Å². The highest BCUT2D eigenvalue weighted by Crippen LogP contribution is 2.50. The molecule has 0 atom stereocenters. The molecule has 0 spiro atoms. The van der Waals surface area contributed by atoms with Gasteiger partial charge in [0.1, 0.15) is 0 Å². The first-order valence-corrected chi connectivity index (χ1v) is 16.8. The van der Waals surface area contributed by atoms with Gasteiger partial charge in [0.15, 0.2) is 0 Å². The van der Waals surface area contributed by atoms with E-state index in [0.29, 0.717) is 5.56 Å². The van der Waals surface area contributed by atoms with Gasteiger partial charge in [0.25, 0.3) is 0 Å². The van der Waals surface area contributed by atoms with Crippen LogP contribution in [0.15, 0.2) is 152 Å². The van der Waals surface area contributed by atoms with Gasteiger partial charge in [0, 0.05) is 38.3 Å². The predicted molar refractivity (Wildman–Crippen MR) is 203 cm³/mol. The fourth-order valence-corrected chi connectivity index (χ4v) is 8.37. The van der Waals surface area contributed by atoms with Crippen LogP contribution in [0.5, 0.6) is 0 Å². The van der Waals surface area contributed by atoms with Gasteiger partial charge >= 0.3 is 0 Å². The van der Waals surface area contributed by atoms with Crippen LogP contribution in [0.1, 0.15) is 30.5 Å². The summed E-state index contributed by atoms with van der Waals surface area (Å²) in [6, 6.07) is 57.2. The second-order valence-electron chi connectivity index (χ2n) is 13.7. The summed E-state index contributed by atoms with van der Waals surface area (Å²) in [5.74, 6) is 0. The molecule has 9 aromatic rings. The molecule has 2 heterocycles. The Balaban J connectivity index is 1.14. The number of nitriles is 1. The summed E-state index contributed by atoms with van der Waals surface area (Å²) in [5, 5.41) is 14.6. The maximum Gasteiger partial charge on any atom is 0.0991 e. The minimum absolute atomic E-state index is 0.207. The van der Waals surface area contributed by atoms with Crippen LogP contribution in [0.4, 0.5) is 0 Å². The number of benzene rings is 7. The van der Waals surface area contributed by atoms with E-state index in [2.05, 4.69) is 175 Å². The summed E-state index contributed by atoms with van der Waals surface area (Å²) < 4.78 is 4.77. The molecule has 0 amide bonds. The molecule has 1 aliphatic carbocycles. The molecular formula is C46H31N3. The third kappa shape index (κ3) is 3.89. The van der Waals surface area contributed by atoms with Gasteiger partial charge in [-0.15, -0.1) is 0 Å². The van der Waals surface area contributed by atoms with E-state index in [1.165, 1.54) is 82.7 Å². The molecule has 2 aromatic heterocycles. The Bertz CT molecular complexity index is 2860. The molecule has 3 heteroatoms. The third-order valence-electron chi connectivity index (χ3n) is 10.7. The average Bonchev–Trinajstić information content (AvgIpc) is 3.74. The highest BCUT2D eigenvalue weighted by atomic mass is 15.0. The number of hydrogen-bond acceptors (Lipinski definition) is 1. The Labute approximate surface area is 284 Å². The zero-order valence-corrected chi connectivity index (χ0v) is 27.3. The van der Waals surface area contributed by atoms with Crippen LogP contribution in [-0.4, -0.2) is 9.13 Å². The highest BCUT2D eigenvalue weighted by molar-refractivity contribution is 6.12. The smallest absolute Gasteiger partial charge is 0.0991 e. The van der Waals surface area contributed by atoms with Crippen molar-refractivity contribution in [1.82, 2.24) is 9.13 Å². The largest absolute Gasteiger partial charge is 0.309 e. The molecular weight excluding hydrogens is 595 g/mol. The molecule has 0 fully saturated rings. The van der Waals surface area contributed by atoms with E-state index < -0.39 is 0 Å². The maximum atomic E-state index is 9.60. The predicted octanol–water partition coefficient (Wildman–Crippen LogP) is 11.7. The molecule has 0 N–H and O–H groups in total. The molecule has 7 aromatic carbocycles. The topological polar surface area (TPSA) is 33.6 Å². The minimum Gasteiger partial charge on any atom is -0.309 e. The lowest BCUT2D eigenvalue weighted by Crippen LogP contribution is -2.15. The summed E-state index contributed by atoms with van der Waals surface area (Å²) in [6.07, 6.45) is 0. The van der Waals surface area contributed by atoms with E-state index in [1.807, 2.05) is 6.07 Å². The number of hydrogen-bond donors (Lipinski definition) is 0. The monoisotopic (exact) mass is 625 g/mol. The second-order valence-corrected chi connectivity index (χ2v) is 13.7. The van der Waals surface area contributed by atoms with Crippen molar-refractivity contribution in [3.05, 3.63) is 168 Å². The van der Waals surface area contributed by atoms with Gasteiger partial charge in [-0.3, -0.25) is 0 Å². The van der Waals surface area contributed by atoms with Gasteiger partial charge in [-0.1, -0.05) is 92.7 Å². The molecule has 0 bridgehead atoms. The number of rotatable bonds is 3. The Kier molecular flexibility index (Phi) is 5.69. The van der Waals surface area contributed by atoms with Gasteiger partial charge < -0.3 is 9.13 Å². The Hall–Kier alpha value is -6.37. The summed E-state index contributed by atoms with van der Waals surface area (Å²) in [4.78, 5) is 0. The van der Waals surface area contributed by atoms with Crippen LogP contribution in [0.25, 0.3) is 77.2 Å². The van der Waals surface area contributed by atoms with Crippen molar-refractivity contribution >= 4 is 43.6 Å². The molecule has 3 nitrogen and oxygen atoms in total. The molecule has 1 aliphatic rings. The third-order valence-corrected chi connectivity index (χ3v) is 10.7. The molecule has 10 rings (SSSR count). The van der Waals surface area contributed by atoms with E-state index >= 15 is 0 Å². The summed E-state index contributed by atoms with van der Waals surface area (Å²) in [5.41, 5.74) is 15.0. The lowest BCUT2D eigenvalue weighted by atomic mass is 9.82. The van der Waals surface area contributed by atoms with Crippen LogP contribution < -0.4 is 0 Å².